The summed E-state index contributed by atoms with van der Waals surface area (Å²) in [6, 6.07) is 8.97. The van der Waals surface area contributed by atoms with Crippen LogP contribution < -0.4 is 9.64 Å². The fourth-order valence-electron chi connectivity index (χ4n) is 3.45. The molecule has 3 heterocycles. The van der Waals surface area contributed by atoms with Crippen molar-refractivity contribution in [2.75, 3.05) is 24.7 Å². The van der Waals surface area contributed by atoms with Crippen LogP contribution in [0.4, 0.5) is 11.5 Å². The Balaban J connectivity index is 1.61. The molecule has 1 unspecified atom stereocenters. The molecule has 2 aliphatic rings. The number of carboxylic acid groups (broad SMARTS) is 1. The van der Waals surface area contributed by atoms with Crippen LogP contribution in [0.2, 0.25) is 0 Å². The molecule has 0 saturated carbocycles. The molecule has 0 bridgehead atoms. The lowest BCUT2D eigenvalue weighted by molar-refractivity contribution is -0.168. The van der Waals surface area contributed by atoms with Gasteiger partial charge in [0.2, 0.25) is 0 Å². The third-order valence-electron chi connectivity index (χ3n) is 4.76. The molecular formula is C20H22N2O5. The van der Waals surface area contributed by atoms with Gasteiger partial charge in [0, 0.05) is 18.4 Å². The summed E-state index contributed by atoms with van der Waals surface area (Å²) in [6.45, 7) is 2.10. The second-order valence-electron chi connectivity index (χ2n) is 6.55. The Bertz CT molecular complexity index is 820. The standard InChI is InChI=1S/C20H22N2O5/c23-20(24)15-6-3-7-16-18(15)26-12-10-22(16)19-14(5-4-9-21-19)13-27-17-8-1-2-11-25-17/h3-7,9,17H,1-2,8,10-13H2,(H,23,24). The molecule has 142 valence electrons. The fraction of sp³-hybridized carbons (Fsp3) is 0.400. The second kappa shape index (κ2) is 7.94. The molecule has 27 heavy (non-hydrogen) atoms. The van der Waals surface area contributed by atoms with E-state index in [0.717, 1.165) is 37.3 Å². The number of rotatable bonds is 5. The van der Waals surface area contributed by atoms with Crippen molar-refractivity contribution in [1.29, 1.82) is 0 Å². The summed E-state index contributed by atoms with van der Waals surface area (Å²) in [5, 5.41) is 9.43. The maximum atomic E-state index is 11.5. The normalized spacial score (nSPS) is 19.3. The number of carbonyl (C=O) groups is 1. The number of aromatic carboxylic acids is 1. The van der Waals surface area contributed by atoms with Crippen molar-refractivity contribution in [2.24, 2.45) is 0 Å². The predicted octanol–water partition coefficient (Wildman–Crippen LogP) is 3.35. The van der Waals surface area contributed by atoms with Crippen molar-refractivity contribution in [3.63, 3.8) is 0 Å². The monoisotopic (exact) mass is 370 g/mol. The van der Waals surface area contributed by atoms with E-state index in [1.54, 1.807) is 18.3 Å². The van der Waals surface area contributed by atoms with Crippen LogP contribution in [0.3, 0.4) is 0 Å². The molecule has 2 aromatic rings. The predicted molar refractivity (Wildman–Crippen MR) is 98.5 cm³/mol. The maximum Gasteiger partial charge on any atom is 0.339 e. The molecule has 0 aliphatic carbocycles. The second-order valence-corrected chi connectivity index (χ2v) is 6.55. The van der Waals surface area contributed by atoms with Crippen LogP contribution in [0.1, 0.15) is 35.2 Å². The Morgan fingerprint density at radius 3 is 3.00 bits per heavy atom. The fourth-order valence-corrected chi connectivity index (χ4v) is 3.45. The Kier molecular flexibility index (Phi) is 5.22. The highest BCUT2D eigenvalue weighted by Crippen LogP contribution is 2.39. The molecule has 0 spiro atoms. The molecule has 1 fully saturated rings. The van der Waals surface area contributed by atoms with Crippen molar-refractivity contribution in [3.05, 3.63) is 47.7 Å². The maximum absolute atomic E-state index is 11.5. The molecule has 4 rings (SSSR count). The average Bonchev–Trinajstić information content (AvgIpc) is 2.72. The Labute approximate surface area is 157 Å². The molecule has 2 aliphatic heterocycles. The highest BCUT2D eigenvalue weighted by atomic mass is 16.7. The first-order valence-corrected chi connectivity index (χ1v) is 9.18. The van der Waals surface area contributed by atoms with Gasteiger partial charge in [0.25, 0.3) is 0 Å². The lowest BCUT2D eigenvalue weighted by Gasteiger charge is -2.32. The largest absolute Gasteiger partial charge is 0.489 e. The zero-order chi connectivity index (χ0) is 18.6. The van der Waals surface area contributed by atoms with Gasteiger partial charge in [-0.3, -0.25) is 0 Å². The number of carboxylic acids is 1. The molecular weight excluding hydrogens is 348 g/mol. The van der Waals surface area contributed by atoms with Crippen molar-refractivity contribution in [3.8, 4) is 5.75 Å². The number of pyridine rings is 1. The number of benzene rings is 1. The van der Waals surface area contributed by atoms with Gasteiger partial charge < -0.3 is 24.2 Å². The van der Waals surface area contributed by atoms with E-state index in [4.69, 9.17) is 14.2 Å². The molecule has 1 saturated heterocycles. The summed E-state index contributed by atoms with van der Waals surface area (Å²) in [5.74, 6) is 0.123. The van der Waals surface area contributed by atoms with Gasteiger partial charge in [0.05, 0.1) is 18.8 Å². The van der Waals surface area contributed by atoms with Crippen LogP contribution in [-0.4, -0.2) is 42.1 Å². The topological polar surface area (TPSA) is 81.1 Å². The van der Waals surface area contributed by atoms with Gasteiger partial charge >= 0.3 is 5.97 Å². The highest BCUT2D eigenvalue weighted by molar-refractivity contribution is 5.94. The summed E-state index contributed by atoms with van der Waals surface area (Å²) in [6.07, 6.45) is 4.64. The number of ether oxygens (including phenoxy) is 3. The first-order valence-electron chi connectivity index (χ1n) is 9.18. The van der Waals surface area contributed by atoms with E-state index in [1.165, 1.54) is 0 Å². The summed E-state index contributed by atoms with van der Waals surface area (Å²) >= 11 is 0. The van der Waals surface area contributed by atoms with Gasteiger partial charge in [-0.05, 0) is 37.5 Å². The summed E-state index contributed by atoms with van der Waals surface area (Å²) in [7, 11) is 0. The summed E-state index contributed by atoms with van der Waals surface area (Å²) in [4.78, 5) is 18.0. The third kappa shape index (κ3) is 3.74. The Morgan fingerprint density at radius 2 is 2.19 bits per heavy atom. The van der Waals surface area contributed by atoms with Gasteiger partial charge in [-0.25, -0.2) is 9.78 Å². The molecule has 1 aromatic carbocycles. The lowest BCUT2D eigenvalue weighted by atomic mass is 10.1. The molecule has 0 amide bonds. The number of fused-ring (bicyclic) bond motifs is 1. The first-order chi connectivity index (χ1) is 13.2. The van der Waals surface area contributed by atoms with Crippen LogP contribution in [0.5, 0.6) is 5.75 Å². The van der Waals surface area contributed by atoms with E-state index in [1.807, 2.05) is 23.1 Å². The smallest absolute Gasteiger partial charge is 0.339 e. The number of hydrogen-bond donors (Lipinski definition) is 1. The van der Waals surface area contributed by atoms with Gasteiger partial charge in [0.1, 0.15) is 18.0 Å². The lowest BCUT2D eigenvalue weighted by Crippen LogP contribution is -2.31. The molecule has 0 radical (unpaired) electrons. The van der Waals surface area contributed by atoms with Gasteiger partial charge in [0.15, 0.2) is 12.0 Å². The van der Waals surface area contributed by atoms with E-state index in [0.29, 0.717) is 31.2 Å². The Hall–Kier alpha value is -2.64. The van der Waals surface area contributed by atoms with Crippen LogP contribution in [0.25, 0.3) is 0 Å². The van der Waals surface area contributed by atoms with Gasteiger partial charge in [-0.2, -0.15) is 0 Å². The number of para-hydroxylation sites is 1. The zero-order valence-corrected chi connectivity index (χ0v) is 15.0. The number of hydrogen-bond acceptors (Lipinski definition) is 6. The zero-order valence-electron chi connectivity index (χ0n) is 15.0. The van der Waals surface area contributed by atoms with E-state index in [-0.39, 0.29) is 11.9 Å². The molecule has 1 atom stereocenters. The quantitative estimate of drug-likeness (QED) is 0.864. The van der Waals surface area contributed by atoms with Crippen LogP contribution in [0, 0.1) is 0 Å². The van der Waals surface area contributed by atoms with Crippen LogP contribution in [-0.2, 0) is 16.1 Å². The molecule has 7 nitrogen and oxygen atoms in total. The average molecular weight is 370 g/mol. The summed E-state index contributed by atoms with van der Waals surface area (Å²) in [5.41, 5.74) is 1.79. The van der Waals surface area contributed by atoms with Crippen molar-refractivity contribution in [2.45, 2.75) is 32.2 Å². The van der Waals surface area contributed by atoms with Crippen molar-refractivity contribution < 1.29 is 24.1 Å². The minimum Gasteiger partial charge on any atom is -0.489 e. The van der Waals surface area contributed by atoms with E-state index >= 15 is 0 Å². The number of nitrogens with zero attached hydrogens (tertiary/aromatic N) is 2. The highest BCUT2D eigenvalue weighted by Gasteiger charge is 2.27. The molecule has 1 aromatic heterocycles. The first kappa shape index (κ1) is 17.8. The van der Waals surface area contributed by atoms with Gasteiger partial charge in [-0.1, -0.05) is 12.1 Å². The van der Waals surface area contributed by atoms with Crippen LogP contribution in [0.15, 0.2) is 36.5 Å². The third-order valence-corrected chi connectivity index (χ3v) is 4.76. The van der Waals surface area contributed by atoms with Crippen molar-refractivity contribution in [1.82, 2.24) is 4.98 Å². The Morgan fingerprint density at radius 1 is 1.26 bits per heavy atom. The minimum absolute atomic E-state index is 0.154. The number of anilines is 2. The van der Waals surface area contributed by atoms with E-state index in [2.05, 4.69) is 4.98 Å². The summed E-state index contributed by atoms with van der Waals surface area (Å²) < 4.78 is 17.2. The van der Waals surface area contributed by atoms with Gasteiger partial charge in [-0.15, -0.1) is 0 Å². The van der Waals surface area contributed by atoms with E-state index in [9.17, 15) is 9.90 Å². The van der Waals surface area contributed by atoms with Crippen LogP contribution >= 0.6 is 0 Å². The molecule has 1 N–H and O–H groups in total. The van der Waals surface area contributed by atoms with Crippen molar-refractivity contribution >= 4 is 17.5 Å². The SMILES string of the molecule is O=C(O)c1cccc2c1OCCN2c1ncccc1COC1CCCCO1. The minimum atomic E-state index is -1.01. The van der Waals surface area contributed by atoms with E-state index < -0.39 is 5.97 Å². The number of aromatic nitrogens is 1. The molecule has 7 heteroatoms.